The molecule has 12 heteroatoms. The van der Waals surface area contributed by atoms with E-state index < -0.39 is 50.1 Å². The molecule has 186 valence electrons. The summed E-state index contributed by atoms with van der Waals surface area (Å²) in [5.41, 5.74) is -1.15. The Labute approximate surface area is 203 Å². The highest BCUT2D eigenvalue weighted by molar-refractivity contribution is 7.92. The number of ether oxygens (including phenoxy) is 1. The number of sulfone groups is 1. The highest BCUT2D eigenvalue weighted by atomic mass is 35.5. The highest BCUT2D eigenvalue weighted by Gasteiger charge is 2.57. The van der Waals surface area contributed by atoms with Gasteiger partial charge in [-0.05, 0) is 55.7 Å². The third-order valence-electron chi connectivity index (χ3n) is 7.07. The molecule has 2 bridgehead atoms. The first kappa shape index (κ1) is 23.9. The van der Waals surface area contributed by atoms with Crippen LogP contribution in [0.3, 0.4) is 0 Å². The Hall–Kier alpha value is -2.79. The maximum absolute atomic E-state index is 13.7. The zero-order valence-electron chi connectivity index (χ0n) is 18.1. The topological polar surface area (TPSA) is 102 Å². The Kier molecular flexibility index (Phi) is 5.75. The molecule has 2 amide bonds. The fourth-order valence-electron chi connectivity index (χ4n) is 5.69. The first-order valence-electron chi connectivity index (χ1n) is 11.0. The van der Waals surface area contributed by atoms with Crippen LogP contribution in [-0.4, -0.2) is 37.8 Å². The van der Waals surface area contributed by atoms with Gasteiger partial charge in [-0.2, -0.15) is 0 Å². The Morgan fingerprint density at radius 1 is 1.09 bits per heavy atom. The number of nitrogens with one attached hydrogen (secondary N) is 2. The van der Waals surface area contributed by atoms with E-state index in [0.29, 0.717) is 44.4 Å². The van der Waals surface area contributed by atoms with Crippen LogP contribution in [0.1, 0.15) is 36.0 Å². The van der Waals surface area contributed by atoms with Crippen LogP contribution in [0, 0.1) is 29.3 Å². The second-order valence-corrected chi connectivity index (χ2v) is 11.8. The SMILES string of the molecule is O=C1NC[C@]2(CC3CC[C@@H](C2)[C@H]3S(=O)(=O)c2cc(C(=O)Nc3cc(F)c(F)c(F)c3)ccc2Cl)O1. The van der Waals surface area contributed by atoms with Gasteiger partial charge in [0.1, 0.15) is 5.60 Å². The minimum atomic E-state index is -3.98. The third-order valence-corrected chi connectivity index (χ3v) is 9.95. The van der Waals surface area contributed by atoms with Crippen LogP contribution < -0.4 is 10.6 Å². The molecule has 2 N–H and O–H groups in total. The van der Waals surface area contributed by atoms with Crippen molar-refractivity contribution in [3.63, 3.8) is 0 Å². The molecule has 1 saturated heterocycles. The largest absolute Gasteiger partial charge is 0.441 e. The molecule has 1 unspecified atom stereocenters. The van der Waals surface area contributed by atoms with Crippen LogP contribution in [0.4, 0.5) is 23.7 Å². The summed E-state index contributed by atoms with van der Waals surface area (Å²) in [6, 6.07) is 4.91. The van der Waals surface area contributed by atoms with Gasteiger partial charge in [-0.3, -0.25) is 4.79 Å². The number of fused-ring (bicyclic) bond motifs is 2. The van der Waals surface area contributed by atoms with E-state index in [4.69, 9.17) is 16.3 Å². The molecule has 5 rings (SSSR count). The van der Waals surface area contributed by atoms with Crippen LogP contribution in [0.15, 0.2) is 35.2 Å². The van der Waals surface area contributed by atoms with Crippen LogP contribution in [0.2, 0.25) is 5.02 Å². The summed E-state index contributed by atoms with van der Waals surface area (Å²) in [6.07, 6.45) is 1.63. The monoisotopic (exact) mass is 528 g/mol. The zero-order valence-corrected chi connectivity index (χ0v) is 19.7. The molecule has 2 saturated carbocycles. The molecule has 1 spiro atoms. The van der Waals surface area contributed by atoms with E-state index in [0.717, 1.165) is 6.07 Å². The number of hydrogen-bond acceptors (Lipinski definition) is 5. The van der Waals surface area contributed by atoms with Crippen molar-refractivity contribution in [3.8, 4) is 0 Å². The maximum atomic E-state index is 13.7. The lowest BCUT2D eigenvalue weighted by molar-refractivity contribution is 0.00456. The Morgan fingerprint density at radius 3 is 2.29 bits per heavy atom. The van der Waals surface area contributed by atoms with E-state index in [-0.39, 0.29) is 33.0 Å². The maximum Gasteiger partial charge on any atom is 0.407 e. The summed E-state index contributed by atoms with van der Waals surface area (Å²) in [5, 5.41) is 4.07. The number of halogens is 4. The lowest BCUT2D eigenvalue weighted by atomic mass is 9.77. The Balaban J connectivity index is 1.41. The van der Waals surface area contributed by atoms with Gasteiger partial charge in [0, 0.05) is 23.4 Å². The molecule has 2 aliphatic carbocycles. The summed E-state index contributed by atoms with van der Waals surface area (Å²) >= 11 is 6.25. The second-order valence-electron chi connectivity index (χ2n) is 9.29. The smallest absolute Gasteiger partial charge is 0.407 e. The molecule has 7 nitrogen and oxygen atoms in total. The predicted molar refractivity (Wildman–Crippen MR) is 119 cm³/mol. The minimum Gasteiger partial charge on any atom is -0.441 e. The van der Waals surface area contributed by atoms with Gasteiger partial charge in [0.05, 0.1) is 21.7 Å². The molecule has 0 radical (unpaired) electrons. The standard InChI is InChI=1S/C23H20ClF3N2O5S/c24-15-4-3-11(21(30)29-14-6-16(25)19(27)17(26)7-14)5-18(15)35(32,33)20-12-1-2-13(20)9-23(8-12)10-28-22(31)34-23/h3-7,12-13,20H,1-2,8-10H2,(H,28,31)(H,29,30)/t12-,13?,20+,23-/m0/s1. The van der Waals surface area contributed by atoms with E-state index >= 15 is 0 Å². The molecule has 0 aromatic heterocycles. The van der Waals surface area contributed by atoms with Gasteiger partial charge in [0.2, 0.25) is 0 Å². The zero-order chi connectivity index (χ0) is 25.1. The summed E-state index contributed by atoms with van der Waals surface area (Å²) in [7, 11) is -3.98. The predicted octanol–water partition coefficient (Wildman–Crippen LogP) is 4.45. The Bertz CT molecular complexity index is 1320. The number of carbonyl (C=O) groups is 2. The first-order valence-corrected chi connectivity index (χ1v) is 12.9. The Morgan fingerprint density at radius 2 is 1.71 bits per heavy atom. The van der Waals surface area contributed by atoms with Crippen molar-refractivity contribution in [1.29, 1.82) is 0 Å². The highest BCUT2D eigenvalue weighted by Crippen LogP contribution is 2.53. The molecule has 3 aliphatic rings. The van der Waals surface area contributed by atoms with Crippen molar-refractivity contribution in [2.45, 2.75) is 41.4 Å². The number of benzene rings is 2. The van der Waals surface area contributed by atoms with Gasteiger partial charge >= 0.3 is 6.09 Å². The van der Waals surface area contributed by atoms with Crippen LogP contribution in [-0.2, 0) is 14.6 Å². The van der Waals surface area contributed by atoms with Crippen LogP contribution >= 0.6 is 11.6 Å². The van der Waals surface area contributed by atoms with Crippen LogP contribution in [0.5, 0.6) is 0 Å². The molecule has 4 atom stereocenters. The summed E-state index contributed by atoms with van der Waals surface area (Å²) in [4.78, 5) is 24.1. The number of alkyl carbamates (subject to hydrolysis) is 1. The van der Waals surface area contributed by atoms with Crippen molar-refractivity contribution in [2.75, 3.05) is 11.9 Å². The molecule has 2 aromatic carbocycles. The number of hydrogen-bond donors (Lipinski definition) is 2. The minimum absolute atomic E-state index is 0.0610. The van der Waals surface area contributed by atoms with Gasteiger partial charge in [-0.1, -0.05) is 11.6 Å². The summed E-state index contributed by atoms with van der Waals surface area (Å²) in [5.74, 6) is -5.97. The fourth-order valence-corrected chi connectivity index (χ4v) is 8.54. The number of carbonyl (C=O) groups excluding carboxylic acids is 2. The van der Waals surface area contributed by atoms with E-state index in [1.54, 1.807) is 0 Å². The number of amides is 2. The van der Waals surface area contributed by atoms with E-state index in [9.17, 15) is 31.2 Å². The van der Waals surface area contributed by atoms with Crippen molar-refractivity contribution < 1.29 is 35.9 Å². The molecular weight excluding hydrogens is 509 g/mol. The van der Waals surface area contributed by atoms with E-state index in [2.05, 4.69) is 10.6 Å². The first-order chi connectivity index (χ1) is 16.5. The molecule has 35 heavy (non-hydrogen) atoms. The number of anilines is 1. The molecular formula is C23H20ClF3N2O5S. The van der Waals surface area contributed by atoms with Gasteiger partial charge in [0.25, 0.3) is 5.91 Å². The fraction of sp³-hybridized carbons (Fsp3) is 0.391. The van der Waals surface area contributed by atoms with Gasteiger partial charge in [-0.15, -0.1) is 0 Å². The molecule has 1 aliphatic heterocycles. The summed E-state index contributed by atoms with van der Waals surface area (Å²) < 4.78 is 73.1. The quantitative estimate of drug-likeness (QED) is 0.571. The average molecular weight is 529 g/mol. The van der Waals surface area contributed by atoms with Gasteiger partial charge < -0.3 is 15.4 Å². The van der Waals surface area contributed by atoms with Crippen molar-refractivity contribution >= 4 is 39.1 Å². The van der Waals surface area contributed by atoms with Crippen LogP contribution in [0.25, 0.3) is 0 Å². The van der Waals surface area contributed by atoms with Gasteiger partial charge in [0.15, 0.2) is 27.3 Å². The van der Waals surface area contributed by atoms with E-state index in [1.165, 1.54) is 12.1 Å². The van der Waals surface area contributed by atoms with Crippen molar-refractivity contribution in [1.82, 2.24) is 5.32 Å². The lowest BCUT2D eigenvalue weighted by Gasteiger charge is -2.40. The van der Waals surface area contributed by atoms with Crippen molar-refractivity contribution in [3.05, 3.63) is 58.4 Å². The van der Waals surface area contributed by atoms with Gasteiger partial charge in [-0.25, -0.2) is 26.4 Å². The summed E-state index contributed by atoms with van der Waals surface area (Å²) in [6.45, 7) is 0.340. The average Bonchev–Trinajstić information content (AvgIpc) is 3.29. The number of rotatable bonds is 4. The third kappa shape index (κ3) is 4.14. The molecule has 3 fully saturated rings. The van der Waals surface area contributed by atoms with Crippen molar-refractivity contribution in [2.24, 2.45) is 11.8 Å². The lowest BCUT2D eigenvalue weighted by Crippen LogP contribution is -2.48. The van der Waals surface area contributed by atoms with E-state index in [1.807, 2.05) is 0 Å². The second kappa shape index (κ2) is 8.41. The normalized spacial score (nSPS) is 27.5. The molecule has 2 aromatic rings. The molecule has 1 heterocycles.